The minimum atomic E-state index is -4.81. The first-order valence-electron chi connectivity index (χ1n) is 13.9. The smallest absolute Gasteiger partial charge is 0.406 e. The molecule has 2 aliphatic heterocycles. The lowest BCUT2D eigenvalue weighted by Gasteiger charge is -2.39. The van der Waals surface area contributed by atoms with Crippen molar-refractivity contribution in [3.05, 3.63) is 54.5 Å². The van der Waals surface area contributed by atoms with Crippen molar-refractivity contribution in [1.29, 1.82) is 0 Å². The van der Waals surface area contributed by atoms with Gasteiger partial charge in [0.05, 0.1) is 6.61 Å². The largest absolute Gasteiger partial charge is 0.573 e. The number of carbonyl (C=O) groups excluding carboxylic acids is 1. The number of aromatic nitrogens is 3. The van der Waals surface area contributed by atoms with Gasteiger partial charge in [-0.25, -0.2) is 4.98 Å². The zero-order chi connectivity index (χ0) is 27.9. The van der Waals surface area contributed by atoms with E-state index in [1.165, 1.54) is 18.2 Å². The van der Waals surface area contributed by atoms with Gasteiger partial charge in [0.15, 0.2) is 0 Å². The number of aliphatic hydroxyl groups excluding tert-OH is 1. The lowest BCUT2D eigenvalue weighted by atomic mass is 10.0. The average molecular weight is 556 g/mol. The molecule has 0 radical (unpaired) electrons. The number of halogens is 3. The summed E-state index contributed by atoms with van der Waals surface area (Å²) in [7, 11) is 0. The van der Waals surface area contributed by atoms with E-state index in [1.54, 1.807) is 24.5 Å². The van der Waals surface area contributed by atoms with E-state index >= 15 is 0 Å². The standard InChI is InChI=1S/C29H32F3N5O3/c30-29(31,32)40-24-7-1-4-19(16-24)27-34-25(20-5-2-12-33-17-20)26(37(27)22-8-9-22)28(39)35-14-10-21(11-15-35)36-13-3-6-23(36)18-38/h1-2,4-5,7,12,16-17,21-23,38H,3,6,8-11,13-15,18H2/t23-/m0/s1. The van der Waals surface area contributed by atoms with Crippen molar-refractivity contribution in [2.75, 3.05) is 26.2 Å². The van der Waals surface area contributed by atoms with Crippen LogP contribution in [0.25, 0.3) is 22.6 Å². The maximum Gasteiger partial charge on any atom is 0.573 e. The maximum absolute atomic E-state index is 14.2. The van der Waals surface area contributed by atoms with E-state index in [9.17, 15) is 23.1 Å². The summed E-state index contributed by atoms with van der Waals surface area (Å²) < 4.78 is 44.9. The van der Waals surface area contributed by atoms with Gasteiger partial charge in [-0.05, 0) is 69.3 Å². The van der Waals surface area contributed by atoms with Crippen molar-refractivity contribution < 1.29 is 27.8 Å². The van der Waals surface area contributed by atoms with Crippen LogP contribution in [0.2, 0.25) is 0 Å². The number of benzene rings is 1. The van der Waals surface area contributed by atoms with Crippen LogP contribution in [0.1, 0.15) is 55.1 Å². The molecule has 1 aromatic carbocycles. The number of ether oxygens (including phenoxy) is 1. The molecule has 3 fully saturated rings. The Morgan fingerprint density at radius 1 is 1.00 bits per heavy atom. The molecular weight excluding hydrogens is 523 g/mol. The maximum atomic E-state index is 14.2. The molecule has 2 aromatic heterocycles. The molecule has 4 heterocycles. The highest BCUT2D eigenvalue weighted by Gasteiger charge is 2.39. The molecule has 0 spiro atoms. The van der Waals surface area contributed by atoms with E-state index in [2.05, 4.69) is 14.6 Å². The molecule has 11 heteroatoms. The molecule has 1 saturated carbocycles. The molecule has 1 N–H and O–H groups in total. The topological polar surface area (TPSA) is 83.7 Å². The third kappa shape index (κ3) is 5.44. The number of alkyl halides is 3. The predicted octanol–water partition coefficient (Wildman–Crippen LogP) is 4.91. The first kappa shape index (κ1) is 26.8. The van der Waals surface area contributed by atoms with Crippen LogP contribution in [0.4, 0.5) is 13.2 Å². The number of piperidine rings is 1. The number of pyridine rings is 1. The van der Waals surface area contributed by atoms with Gasteiger partial charge in [0.2, 0.25) is 0 Å². The third-order valence-corrected chi connectivity index (χ3v) is 8.14. The number of aliphatic hydroxyl groups is 1. The highest BCUT2D eigenvalue weighted by atomic mass is 19.4. The SMILES string of the molecule is O=C(c1c(-c2cccnc2)nc(-c2cccc(OC(F)(F)F)c2)n1C1CC1)N1CCC(N2CCC[C@H]2CO)CC1. The second kappa shape index (κ2) is 10.9. The van der Waals surface area contributed by atoms with Crippen molar-refractivity contribution >= 4 is 5.91 Å². The Labute approximate surface area is 230 Å². The molecule has 8 nitrogen and oxygen atoms in total. The fraction of sp³-hybridized carbons (Fsp3) is 0.483. The molecule has 0 unspecified atom stereocenters. The Morgan fingerprint density at radius 2 is 1.77 bits per heavy atom. The summed E-state index contributed by atoms with van der Waals surface area (Å²) in [6.45, 7) is 2.31. The molecular formula is C29H32F3N5O3. The number of amides is 1. The van der Waals surface area contributed by atoms with E-state index in [4.69, 9.17) is 4.98 Å². The van der Waals surface area contributed by atoms with E-state index in [1.807, 2.05) is 15.5 Å². The Hall–Kier alpha value is -3.44. The van der Waals surface area contributed by atoms with Crippen LogP contribution in [0.5, 0.6) is 5.75 Å². The second-order valence-electron chi connectivity index (χ2n) is 10.8. The molecule has 1 amide bonds. The molecule has 40 heavy (non-hydrogen) atoms. The normalized spacial score (nSPS) is 20.7. The van der Waals surface area contributed by atoms with Crippen molar-refractivity contribution in [3.8, 4) is 28.4 Å². The van der Waals surface area contributed by atoms with Crippen molar-refractivity contribution in [2.45, 2.75) is 63.0 Å². The van der Waals surface area contributed by atoms with Gasteiger partial charge in [-0.15, -0.1) is 13.2 Å². The number of imidazole rings is 1. The third-order valence-electron chi connectivity index (χ3n) is 8.14. The summed E-state index contributed by atoms with van der Waals surface area (Å²) in [5.74, 6) is -0.0304. The molecule has 3 aromatic rings. The molecule has 212 valence electrons. The molecule has 1 aliphatic carbocycles. The van der Waals surface area contributed by atoms with Gasteiger partial charge in [0.25, 0.3) is 5.91 Å². The highest BCUT2D eigenvalue weighted by Crippen LogP contribution is 2.43. The summed E-state index contributed by atoms with van der Waals surface area (Å²) in [6, 6.07) is 9.92. The highest BCUT2D eigenvalue weighted by molar-refractivity contribution is 5.99. The minimum Gasteiger partial charge on any atom is -0.406 e. The number of likely N-dealkylation sites (tertiary alicyclic amines) is 2. The zero-order valence-electron chi connectivity index (χ0n) is 22.1. The average Bonchev–Trinajstić information content (AvgIpc) is 3.54. The van der Waals surface area contributed by atoms with E-state index < -0.39 is 6.36 Å². The Kier molecular flexibility index (Phi) is 7.26. The lowest BCUT2D eigenvalue weighted by Crippen LogP contribution is -2.49. The molecule has 6 rings (SSSR count). The summed E-state index contributed by atoms with van der Waals surface area (Å²) in [4.78, 5) is 27.6. The predicted molar refractivity (Wildman–Crippen MR) is 142 cm³/mol. The van der Waals surface area contributed by atoms with Gasteiger partial charge in [-0.3, -0.25) is 14.7 Å². The van der Waals surface area contributed by atoms with E-state index in [-0.39, 0.29) is 30.3 Å². The van der Waals surface area contributed by atoms with Gasteiger partial charge < -0.3 is 19.3 Å². The van der Waals surface area contributed by atoms with Crippen LogP contribution in [0.3, 0.4) is 0 Å². The number of hydrogen-bond donors (Lipinski definition) is 1. The zero-order valence-corrected chi connectivity index (χ0v) is 22.1. The lowest BCUT2D eigenvalue weighted by molar-refractivity contribution is -0.274. The minimum absolute atomic E-state index is 0.0338. The Balaban J connectivity index is 1.35. The quantitative estimate of drug-likeness (QED) is 0.446. The first-order valence-corrected chi connectivity index (χ1v) is 13.9. The van der Waals surface area contributed by atoms with Gasteiger partial charge in [0, 0.05) is 54.7 Å². The summed E-state index contributed by atoms with van der Waals surface area (Å²) >= 11 is 0. The van der Waals surface area contributed by atoms with Gasteiger partial charge in [-0.2, -0.15) is 0 Å². The molecule has 2 saturated heterocycles. The second-order valence-corrected chi connectivity index (χ2v) is 10.8. The Morgan fingerprint density at radius 3 is 2.45 bits per heavy atom. The molecule has 0 bridgehead atoms. The number of carbonyl (C=O) groups is 1. The number of nitrogens with zero attached hydrogens (tertiary/aromatic N) is 5. The monoisotopic (exact) mass is 555 g/mol. The van der Waals surface area contributed by atoms with Crippen LogP contribution in [0, 0.1) is 0 Å². The van der Waals surface area contributed by atoms with Gasteiger partial charge in [-0.1, -0.05) is 12.1 Å². The van der Waals surface area contributed by atoms with E-state index in [0.717, 1.165) is 45.1 Å². The van der Waals surface area contributed by atoms with Crippen LogP contribution in [-0.2, 0) is 0 Å². The fourth-order valence-corrected chi connectivity index (χ4v) is 6.15. The van der Waals surface area contributed by atoms with Crippen LogP contribution in [0.15, 0.2) is 48.8 Å². The van der Waals surface area contributed by atoms with Crippen molar-refractivity contribution in [1.82, 2.24) is 24.3 Å². The first-order chi connectivity index (χ1) is 19.3. The van der Waals surface area contributed by atoms with Crippen molar-refractivity contribution in [2.24, 2.45) is 0 Å². The van der Waals surface area contributed by atoms with Crippen LogP contribution >= 0.6 is 0 Å². The van der Waals surface area contributed by atoms with E-state index in [0.29, 0.717) is 47.5 Å². The number of rotatable bonds is 7. The summed E-state index contributed by atoms with van der Waals surface area (Å²) in [5, 5.41) is 9.77. The van der Waals surface area contributed by atoms with Crippen LogP contribution < -0.4 is 4.74 Å². The Bertz CT molecular complexity index is 1350. The fourth-order valence-electron chi connectivity index (χ4n) is 6.15. The molecule has 1 atom stereocenters. The number of hydrogen-bond acceptors (Lipinski definition) is 6. The summed E-state index contributed by atoms with van der Waals surface area (Å²) in [5.41, 5.74) is 2.04. The molecule has 3 aliphatic rings. The van der Waals surface area contributed by atoms with Crippen molar-refractivity contribution in [3.63, 3.8) is 0 Å². The van der Waals surface area contributed by atoms with Gasteiger partial charge in [0.1, 0.15) is 23.0 Å². The van der Waals surface area contributed by atoms with Gasteiger partial charge >= 0.3 is 6.36 Å². The van der Waals surface area contributed by atoms with Crippen LogP contribution in [-0.4, -0.2) is 80.0 Å². The summed E-state index contributed by atoms with van der Waals surface area (Å²) in [6.07, 6.45) is 3.92.